The van der Waals surface area contributed by atoms with Crippen LogP contribution < -0.4 is 4.72 Å². The monoisotopic (exact) mass is 397 g/mol. The third kappa shape index (κ3) is 3.62. The molecule has 0 aliphatic rings. The van der Waals surface area contributed by atoms with Crippen molar-refractivity contribution in [2.24, 2.45) is 0 Å². The standard InChI is InChI=1S/C19H15N3O3S2/c1-13-5-2-3-6-16(13)19-20-18(21-25-19)14-8-10-15(11-9-14)22-27(23,24)17-7-4-12-26-17/h2-12,22H,1H3. The molecular weight excluding hydrogens is 382 g/mol. The summed E-state index contributed by atoms with van der Waals surface area (Å²) in [7, 11) is -3.57. The minimum atomic E-state index is -3.57. The summed E-state index contributed by atoms with van der Waals surface area (Å²) in [6.07, 6.45) is 0. The summed E-state index contributed by atoms with van der Waals surface area (Å²) >= 11 is 1.17. The second-order valence-electron chi connectivity index (χ2n) is 5.85. The lowest BCUT2D eigenvalue weighted by atomic mass is 10.1. The highest BCUT2D eigenvalue weighted by molar-refractivity contribution is 7.94. The quantitative estimate of drug-likeness (QED) is 0.533. The molecule has 0 spiro atoms. The fourth-order valence-corrected chi connectivity index (χ4v) is 4.62. The summed E-state index contributed by atoms with van der Waals surface area (Å²) in [5.74, 6) is 0.895. The highest BCUT2D eigenvalue weighted by Gasteiger charge is 2.16. The molecule has 0 amide bonds. The predicted molar refractivity (Wildman–Crippen MR) is 105 cm³/mol. The Bertz CT molecular complexity index is 1170. The van der Waals surface area contributed by atoms with Gasteiger partial charge in [0.1, 0.15) is 4.21 Å². The smallest absolute Gasteiger partial charge is 0.271 e. The second kappa shape index (κ2) is 6.98. The van der Waals surface area contributed by atoms with E-state index in [4.69, 9.17) is 4.52 Å². The van der Waals surface area contributed by atoms with E-state index >= 15 is 0 Å². The van der Waals surface area contributed by atoms with Crippen LogP contribution in [-0.2, 0) is 10.0 Å². The zero-order valence-corrected chi connectivity index (χ0v) is 15.9. The number of hydrogen-bond donors (Lipinski definition) is 1. The first kappa shape index (κ1) is 17.4. The van der Waals surface area contributed by atoms with Crippen molar-refractivity contribution in [3.8, 4) is 22.8 Å². The van der Waals surface area contributed by atoms with Gasteiger partial charge in [-0.25, -0.2) is 8.42 Å². The number of aryl methyl sites for hydroxylation is 1. The summed E-state index contributed by atoms with van der Waals surface area (Å²) in [6.45, 7) is 1.98. The number of aromatic nitrogens is 2. The molecule has 27 heavy (non-hydrogen) atoms. The molecule has 0 aliphatic carbocycles. The summed E-state index contributed by atoms with van der Waals surface area (Å²) in [6, 6.07) is 17.9. The molecule has 0 bridgehead atoms. The first-order chi connectivity index (χ1) is 13.0. The van der Waals surface area contributed by atoms with Gasteiger partial charge < -0.3 is 4.52 Å². The number of hydrogen-bond acceptors (Lipinski definition) is 6. The predicted octanol–water partition coefficient (Wildman–Crippen LogP) is 4.57. The van der Waals surface area contributed by atoms with Gasteiger partial charge in [0.15, 0.2) is 0 Å². The molecule has 4 aromatic rings. The van der Waals surface area contributed by atoms with E-state index in [1.54, 1.807) is 41.8 Å². The van der Waals surface area contributed by atoms with Gasteiger partial charge in [0.25, 0.3) is 15.9 Å². The molecule has 0 saturated heterocycles. The molecular formula is C19H15N3O3S2. The van der Waals surface area contributed by atoms with Crippen LogP contribution in [0.15, 0.2) is 74.8 Å². The van der Waals surface area contributed by atoms with Crippen LogP contribution in [0.2, 0.25) is 0 Å². The Morgan fingerprint density at radius 2 is 1.78 bits per heavy atom. The molecule has 0 radical (unpaired) electrons. The van der Waals surface area contributed by atoms with E-state index in [-0.39, 0.29) is 4.21 Å². The van der Waals surface area contributed by atoms with Crippen LogP contribution in [0.5, 0.6) is 0 Å². The number of nitrogens with zero attached hydrogens (tertiary/aromatic N) is 2. The number of nitrogens with one attached hydrogen (secondary N) is 1. The van der Waals surface area contributed by atoms with Crippen molar-refractivity contribution in [3.05, 3.63) is 71.6 Å². The molecule has 1 N–H and O–H groups in total. The van der Waals surface area contributed by atoms with Gasteiger partial charge in [-0.05, 0) is 54.3 Å². The summed E-state index contributed by atoms with van der Waals surface area (Å²) in [4.78, 5) is 4.44. The average Bonchev–Trinajstić information content (AvgIpc) is 3.35. The molecule has 0 fully saturated rings. The highest BCUT2D eigenvalue weighted by atomic mass is 32.2. The fourth-order valence-electron chi connectivity index (χ4n) is 2.57. The molecule has 0 saturated carbocycles. The van der Waals surface area contributed by atoms with Crippen molar-refractivity contribution >= 4 is 27.0 Å². The van der Waals surface area contributed by atoms with E-state index in [1.807, 2.05) is 31.2 Å². The summed E-state index contributed by atoms with van der Waals surface area (Å²) < 4.78 is 32.7. The molecule has 0 aliphatic heterocycles. The molecule has 8 heteroatoms. The van der Waals surface area contributed by atoms with E-state index in [1.165, 1.54) is 11.3 Å². The van der Waals surface area contributed by atoms with Gasteiger partial charge in [0.2, 0.25) is 5.82 Å². The number of sulfonamides is 1. The minimum Gasteiger partial charge on any atom is -0.334 e. The van der Waals surface area contributed by atoms with Gasteiger partial charge in [-0.1, -0.05) is 29.4 Å². The maximum atomic E-state index is 12.3. The van der Waals surface area contributed by atoms with E-state index in [0.717, 1.165) is 16.7 Å². The van der Waals surface area contributed by atoms with Gasteiger partial charge in [0.05, 0.1) is 0 Å². The Labute approximate surface area is 160 Å². The van der Waals surface area contributed by atoms with Gasteiger partial charge in [-0.15, -0.1) is 11.3 Å². The number of anilines is 1. The van der Waals surface area contributed by atoms with Crippen LogP contribution in [0, 0.1) is 6.92 Å². The van der Waals surface area contributed by atoms with E-state index < -0.39 is 10.0 Å². The average molecular weight is 397 g/mol. The maximum Gasteiger partial charge on any atom is 0.271 e. The van der Waals surface area contributed by atoms with Crippen molar-refractivity contribution in [3.63, 3.8) is 0 Å². The maximum absolute atomic E-state index is 12.3. The molecule has 136 valence electrons. The van der Waals surface area contributed by atoms with Crippen molar-refractivity contribution in [2.45, 2.75) is 11.1 Å². The lowest BCUT2D eigenvalue weighted by Crippen LogP contribution is -2.11. The first-order valence-electron chi connectivity index (χ1n) is 8.09. The summed E-state index contributed by atoms with van der Waals surface area (Å²) in [5, 5.41) is 5.75. The van der Waals surface area contributed by atoms with Crippen molar-refractivity contribution < 1.29 is 12.9 Å². The molecule has 6 nitrogen and oxygen atoms in total. The molecule has 4 rings (SSSR count). The normalized spacial score (nSPS) is 11.4. The Hall–Kier alpha value is -2.97. The van der Waals surface area contributed by atoms with E-state index in [9.17, 15) is 8.42 Å². The zero-order valence-electron chi connectivity index (χ0n) is 14.3. The Morgan fingerprint density at radius 1 is 1.00 bits per heavy atom. The minimum absolute atomic E-state index is 0.271. The Kier molecular flexibility index (Phi) is 4.51. The number of rotatable bonds is 5. The fraction of sp³-hybridized carbons (Fsp3) is 0.0526. The van der Waals surface area contributed by atoms with E-state index in [2.05, 4.69) is 14.9 Å². The van der Waals surface area contributed by atoms with Crippen LogP contribution in [0.4, 0.5) is 5.69 Å². The lowest BCUT2D eigenvalue weighted by Gasteiger charge is -2.06. The lowest BCUT2D eigenvalue weighted by molar-refractivity contribution is 0.432. The zero-order chi connectivity index (χ0) is 18.9. The van der Waals surface area contributed by atoms with Gasteiger partial charge >= 0.3 is 0 Å². The van der Waals surface area contributed by atoms with Gasteiger partial charge in [-0.3, -0.25) is 4.72 Å². The topological polar surface area (TPSA) is 85.1 Å². The second-order valence-corrected chi connectivity index (χ2v) is 8.71. The first-order valence-corrected chi connectivity index (χ1v) is 10.5. The van der Waals surface area contributed by atoms with Crippen molar-refractivity contribution in [1.82, 2.24) is 10.1 Å². The largest absolute Gasteiger partial charge is 0.334 e. The molecule has 2 heterocycles. The number of benzene rings is 2. The molecule has 2 aromatic heterocycles. The SMILES string of the molecule is Cc1ccccc1-c1nc(-c2ccc(NS(=O)(=O)c3cccs3)cc2)no1. The van der Waals surface area contributed by atoms with Crippen molar-refractivity contribution in [1.29, 1.82) is 0 Å². The van der Waals surface area contributed by atoms with Crippen LogP contribution in [0.3, 0.4) is 0 Å². The van der Waals surface area contributed by atoms with Crippen LogP contribution in [-0.4, -0.2) is 18.6 Å². The third-order valence-corrected chi connectivity index (χ3v) is 6.74. The van der Waals surface area contributed by atoms with Crippen LogP contribution >= 0.6 is 11.3 Å². The van der Waals surface area contributed by atoms with E-state index in [0.29, 0.717) is 17.4 Å². The van der Waals surface area contributed by atoms with Crippen LogP contribution in [0.25, 0.3) is 22.8 Å². The summed E-state index contributed by atoms with van der Waals surface area (Å²) in [5.41, 5.74) is 3.13. The molecule has 0 atom stereocenters. The molecule has 2 aromatic carbocycles. The third-order valence-electron chi connectivity index (χ3n) is 3.96. The van der Waals surface area contributed by atoms with Crippen molar-refractivity contribution in [2.75, 3.05) is 4.72 Å². The van der Waals surface area contributed by atoms with Gasteiger partial charge in [0, 0.05) is 16.8 Å². The number of thiophene rings is 1. The molecule has 0 unspecified atom stereocenters. The Morgan fingerprint density at radius 3 is 2.48 bits per heavy atom. The van der Waals surface area contributed by atoms with Crippen LogP contribution in [0.1, 0.15) is 5.56 Å². The van der Waals surface area contributed by atoms with Gasteiger partial charge in [-0.2, -0.15) is 4.98 Å². The Balaban J connectivity index is 1.56. The highest BCUT2D eigenvalue weighted by Crippen LogP contribution is 2.26.